The molecule has 500 valence electrons. The lowest BCUT2D eigenvalue weighted by atomic mass is 9.69. The first kappa shape index (κ1) is 64.5. The highest BCUT2D eigenvalue weighted by molar-refractivity contribution is 6.10. The number of aromatic nitrogens is 1. The topological polar surface area (TPSA) is 38.7 Å². The molecule has 0 fully saturated rings. The number of aryl methyl sites for hydroxylation is 2. The Labute approximate surface area is 605 Å². The van der Waals surface area contributed by atoms with Crippen LogP contribution in [0.4, 0.5) is 22.7 Å². The van der Waals surface area contributed by atoms with Crippen molar-refractivity contribution in [1.29, 1.82) is 0 Å². The summed E-state index contributed by atoms with van der Waals surface area (Å²) in [6.45, 7) is 15.9. The van der Waals surface area contributed by atoms with Gasteiger partial charge in [-0.2, -0.15) is 0 Å². The van der Waals surface area contributed by atoms with Crippen molar-refractivity contribution in [3.8, 4) is 61.3 Å². The van der Waals surface area contributed by atoms with Crippen LogP contribution in [0.3, 0.4) is 0 Å². The van der Waals surface area contributed by atoms with Gasteiger partial charge in [0.15, 0.2) is 0 Å². The summed E-state index contributed by atoms with van der Waals surface area (Å²) in [7, 11) is 0. The lowest BCUT2D eigenvalue weighted by Crippen LogP contribution is -2.29. The summed E-state index contributed by atoms with van der Waals surface area (Å²) in [5, 5.41) is 6.22. The second kappa shape index (κ2) is 27.2. The number of fused-ring (bicyclic) bond motifs is 9. The molecule has 5 nitrogen and oxygen atoms in total. The fourth-order valence-corrected chi connectivity index (χ4v) is 16.2. The number of para-hydroxylation sites is 1. The van der Waals surface area contributed by atoms with E-state index in [0.29, 0.717) is 26.4 Å². The Kier molecular flexibility index (Phi) is 17.1. The predicted octanol–water partition coefficient (Wildman–Crippen LogP) is 25.1. The highest BCUT2D eigenvalue weighted by Gasteiger charge is 2.44. The number of benzene rings is 14. The van der Waals surface area contributed by atoms with Crippen LogP contribution in [0, 0.1) is 13.8 Å². The molecule has 103 heavy (non-hydrogen) atoms. The molecule has 2 aliphatic rings. The number of anilines is 4. The molecule has 1 N–H and O–H groups in total. The van der Waals surface area contributed by atoms with Gasteiger partial charge in [0.25, 0.3) is 0 Å². The van der Waals surface area contributed by atoms with Crippen LogP contribution in [0.5, 0.6) is 0 Å². The zero-order chi connectivity index (χ0) is 69.6. The predicted molar refractivity (Wildman–Crippen MR) is 430 cm³/mol. The van der Waals surface area contributed by atoms with Crippen LogP contribution in [0.2, 0.25) is 0 Å². The summed E-state index contributed by atoms with van der Waals surface area (Å²) in [6.07, 6.45) is 2.77. The number of hydrogen-bond acceptors (Lipinski definition) is 4. The van der Waals surface area contributed by atoms with Crippen molar-refractivity contribution >= 4 is 50.6 Å². The number of nitrogens with one attached hydrogen (secondary N) is 1. The monoisotopic (exact) mass is 1330 g/mol. The van der Waals surface area contributed by atoms with Gasteiger partial charge in [-0.05, 0) is 216 Å². The highest BCUT2D eigenvalue weighted by atomic mass is 16.5. The molecule has 14 aromatic carbocycles. The maximum absolute atomic E-state index is 6.48. The van der Waals surface area contributed by atoms with Crippen LogP contribution < -0.4 is 10.2 Å². The van der Waals surface area contributed by atoms with Gasteiger partial charge in [0.2, 0.25) is 0 Å². The third kappa shape index (κ3) is 12.2. The average Bonchev–Trinajstić information content (AvgIpc) is 1.57. The smallest absolute Gasteiger partial charge is 0.0721 e. The molecule has 0 radical (unpaired) electrons. The maximum atomic E-state index is 6.48. The fourth-order valence-electron chi connectivity index (χ4n) is 16.2. The van der Waals surface area contributed by atoms with Crippen LogP contribution >= 0.6 is 0 Å². The van der Waals surface area contributed by atoms with E-state index in [1.54, 1.807) is 0 Å². The molecule has 5 heteroatoms. The summed E-state index contributed by atoms with van der Waals surface area (Å²) in [5.74, 6) is 0. The van der Waals surface area contributed by atoms with E-state index in [1.807, 2.05) is 6.08 Å². The first-order chi connectivity index (χ1) is 50.5. The van der Waals surface area contributed by atoms with Crippen molar-refractivity contribution in [1.82, 2.24) is 4.57 Å². The van der Waals surface area contributed by atoms with Crippen molar-refractivity contribution in [2.24, 2.45) is 0 Å². The van der Waals surface area contributed by atoms with Gasteiger partial charge in [0.05, 0.1) is 37.5 Å². The Bertz CT molecular complexity index is 5630. The molecule has 1 heterocycles. The fraction of sp³-hybridized carbons (Fsp3) is 0.122. The normalized spacial score (nSPS) is 13.9. The van der Waals surface area contributed by atoms with E-state index in [1.165, 1.54) is 122 Å². The van der Waals surface area contributed by atoms with Gasteiger partial charge < -0.3 is 24.3 Å². The van der Waals surface area contributed by atoms with Crippen LogP contribution in [-0.2, 0) is 46.7 Å². The Balaban J connectivity index is 0.619. The summed E-state index contributed by atoms with van der Waals surface area (Å²) in [6, 6.07) is 119. The van der Waals surface area contributed by atoms with E-state index in [9.17, 15) is 0 Å². The van der Waals surface area contributed by atoms with Gasteiger partial charge in [0.1, 0.15) is 0 Å². The highest BCUT2D eigenvalue weighted by Crippen LogP contribution is 2.56. The average molecular weight is 1330 g/mol. The molecular weight excluding hydrogens is 1250 g/mol. The quantitative estimate of drug-likeness (QED) is 0.0778. The zero-order valence-electron chi connectivity index (χ0n) is 58.8. The van der Waals surface area contributed by atoms with E-state index >= 15 is 0 Å². The minimum absolute atomic E-state index is 0.138. The molecule has 0 aliphatic heterocycles. The molecule has 15 aromatic rings. The second-order valence-corrected chi connectivity index (χ2v) is 28.5. The SMILES string of the molecule is C=Cc1ccc(NCCC2(c3ccccc3)c3ccccc3-c3ccc(-c4ccc(N(c5ccc(-c6cccc(C)c6)cc5)c5ccc(-c6ccc7c(c6)c6ccccc6n7-c6ccc(COCc7ccc8c(c7)C(C)(C)c7cc(COCc9ccc(C)cc9)ccc7-8)cc6)cc5)cc4)cc32)cc1. The van der Waals surface area contributed by atoms with Gasteiger partial charge in [-0.1, -0.05) is 274 Å². The van der Waals surface area contributed by atoms with Crippen molar-refractivity contribution in [2.75, 3.05) is 16.8 Å². The molecular formula is C98H81N3O2. The van der Waals surface area contributed by atoms with E-state index in [0.717, 1.165) is 63.7 Å². The summed E-state index contributed by atoms with van der Waals surface area (Å²) < 4.78 is 15.1. The summed E-state index contributed by atoms with van der Waals surface area (Å²) in [4.78, 5) is 2.38. The van der Waals surface area contributed by atoms with Crippen molar-refractivity contribution in [3.63, 3.8) is 0 Å². The molecule has 0 bridgehead atoms. The van der Waals surface area contributed by atoms with Gasteiger partial charge in [-0.25, -0.2) is 0 Å². The molecule has 1 atom stereocenters. The third-order valence-corrected chi connectivity index (χ3v) is 21.7. The van der Waals surface area contributed by atoms with E-state index in [4.69, 9.17) is 9.47 Å². The molecule has 1 unspecified atom stereocenters. The van der Waals surface area contributed by atoms with Gasteiger partial charge in [0, 0.05) is 56.6 Å². The Morgan fingerprint density at radius 2 is 0.874 bits per heavy atom. The first-order valence-corrected chi connectivity index (χ1v) is 36.1. The maximum Gasteiger partial charge on any atom is 0.0721 e. The van der Waals surface area contributed by atoms with Crippen molar-refractivity contribution < 1.29 is 9.47 Å². The summed E-state index contributed by atoms with van der Waals surface area (Å²) >= 11 is 0. The van der Waals surface area contributed by atoms with Crippen LogP contribution in [0.25, 0.3) is 89.2 Å². The number of rotatable bonds is 21. The van der Waals surface area contributed by atoms with Gasteiger partial charge >= 0.3 is 0 Å². The van der Waals surface area contributed by atoms with Gasteiger partial charge in [-0.3, -0.25) is 0 Å². The molecule has 0 saturated carbocycles. The largest absolute Gasteiger partial charge is 0.385 e. The standard InChI is InChI=1S/C98H81N3O2/c1-6-68-27-41-80(42-28-68)99-56-55-98(79-17-8-7-9-18-79)91-21-12-10-19-85(91)88-53-39-78(61-94(88)98)75-37-49-83(50-38-75)100(81-45-33-73(34-46-81)76-16-14-15-67(3)57-76)82-47-35-74(36-48-82)77-40-54-96-90(60-77)89-20-11-13-22-95(89)101(96)84-43-29-70(30-44-84)63-103-65-72-32-52-87-86-51-31-71(58-92(86)97(4,5)93(87)59-72)64-102-62-69-25-23-66(2)24-26-69/h6-54,57-61,99H,1,55-56,62-65H2,2-5H3. The molecule has 0 spiro atoms. The van der Waals surface area contributed by atoms with Crippen LogP contribution in [0.15, 0.2) is 328 Å². The van der Waals surface area contributed by atoms with Crippen LogP contribution in [0.1, 0.15) is 87.0 Å². The minimum atomic E-state index is -0.369. The first-order valence-electron chi connectivity index (χ1n) is 36.1. The Hall–Kier alpha value is -11.9. The molecule has 0 saturated heterocycles. The second-order valence-electron chi connectivity index (χ2n) is 28.5. The molecule has 2 aliphatic carbocycles. The molecule has 0 amide bonds. The Morgan fingerprint density at radius 1 is 0.379 bits per heavy atom. The number of nitrogens with zero attached hydrogens (tertiary/aromatic N) is 2. The van der Waals surface area contributed by atoms with Crippen LogP contribution in [-0.4, -0.2) is 11.1 Å². The molecule has 1 aromatic heterocycles. The lowest BCUT2D eigenvalue weighted by molar-refractivity contribution is 0.107. The van der Waals surface area contributed by atoms with Gasteiger partial charge in [-0.15, -0.1) is 0 Å². The van der Waals surface area contributed by atoms with E-state index < -0.39 is 0 Å². The lowest BCUT2D eigenvalue weighted by Gasteiger charge is -2.33. The number of hydrogen-bond donors (Lipinski definition) is 1. The third-order valence-electron chi connectivity index (χ3n) is 21.7. The van der Waals surface area contributed by atoms with Crippen molar-refractivity contribution in [3.05, 3.63) is 395 Å². The van der Waals surface area contributed by atoms with E-state index in [2.05, 4.69) is 371 Å². The zero-order valence-corrected chi connectivity index (χ0v) is 58.8. The van der Waals surface area contributed by atoms with Crippen molar-refractivity contribution in [2.45, 2.75) is 71.4 Å². The molecule has 17 rings (SSSR count). The summed E-state index contributed by atoms with van der Waals surface area (Å²) in [5.41, 5.74) is 34.5. The Morgan fingerprint density at radius 3 is 1.50 bits per heavy atom. The number of ether oxygens (including phenoxy) is 2. The van der Waals surface area contributed by atoms with E-state index in [-0.39, 0.29) is 10.8 Å². The minimum Gasteiger partial charge on any atom is -0.385 e.